The lowest BCUT2D eigenvalue weighted by atomic mass is 10.3. The monoisotopic (exact) mass is 259 g/mol. The number of imidazole rings is 1. The molecule has 0 radical (unpaired) electrons. The normalized spacial score (nSPS) is 11.2. The third kappa shape index (κ3) is 1.74. The second-order valence-electron chi connectivity index (χ2n) is 4.35. The van der Waals surface area contributed by atoms with Crippen LogP contribution in [0.5, 0.6) is 0 Å². The molecule has 0 spiro atoms. The Morgan fingerprint density at radius 3 is 3.00 bits per heavy atom. The van der Waals surface area contributed by atoms with Crippen molar-refractivity contribution in [1.29, 1.82) is 0 Å². The van der Waals surface area contributed by atoms with Crippen molar-refractivity contribution in [2.24, 2.45) is 7.05 Å². The third-order valence-corrected chi connectivity index (χ3v) is 3.31. The molecule has 0 bridgehead atoms. The number of nitrogens with zero attached hydrogens (tertiary/aromatic N) is 4. The van der Waals surface area contributed by atoms with Gasteiger partial charge in [-0.05, 0) is 36.8 Å². The minimum atomic E-state index is 0.672. The van der Waals surface area contributed by atoms with E-state index in [1.54, 1.807) is 6.20 Å². The molecular formula is C12H13N5S. The van der Waals surface area contributed by atoms with Crippen LogP contribution in [0.25, 0.3) is 11.2 Å². The highest BCUT2D eigenvalue weighted by molar-refractivity contribution is 7.71. The van der Waals surface area contributed by atoms with Gasteiger partial charge < -0.3 is 4.98 Å². The van der Waals surface area contributed by atoms with E-state index in [-0.39, 0.29) is 0 Å². The summed E-state index contributed by atoms with van der Waals surface area (Å²) in [7, 11) is 1.92. The fourth-order valence-electron chi connectivity index (χ4n) is 2.01. The van der Waals surface area contributed by atoms with E-state index in [9.17, 15) is 0 Å². The van der Waals surface area contributed by atoms with Gasteiger partial charge in [-0.3, -0.25) is 9.25 Å². The average molecular weight is 259 g/mol. The largest absolute Gasteiger partial charge is 0.329 e. The summed E-state index contributed by atoms with van der Waals surface area (Å²) < 4.78 is 4.51. The van der Waals surface area contributed by atoms with Gasteiger partial charge in [-0.2, -0.15) is 5.10 Å². The fraction of sp³-hybridized carbons (Fsp3) is 0.250. The first-order chi connectivity index (χ1) is 8.65. The Morgan fingerprint density at radius 2 is 2.28 bits per heavy atom. The smallest absolute Gasteiger partial charge is 0.179 e. The van der Waals surface area contributed by atoms with Crippen LogP contribution in [-0.4, -0.2) is 24.3 Å². The van der Waals surface area contributed by atoms with Crippen LogP contribution >= 0.6 is 12.2 Å². The predicted molar refractivity (Wildman–Crippen MR) is 72.0 cm³/mol. The molecule has 6 heteroatoms. The standard InChI is InChI=1S/C12H13N5S/c1-8-5-10-11(13-6-8)17(12(18)15-10)7-9-3-4-14-16(9)2/h3-6H,7H2,1-2H3,(H,15,18). The zero-order valence-electron chi connectivity index (χ0n) is 10.2. The highest BCUT2D eigenvalue weighted by atomic mass is 32.1. The first kappa shape index (κ1) is 11.2. The van der Waals surface area contributed by atoms with Crippen molar-refractivity contribution in [3.63, 3.8) is 0 Å². The molecule has 0 aromatic carbocycles. The second-order valence-corrected chi connectivity index (χ2v) is 4.73. The van der Waals surface area contributed by atoms with Crippen LogP contribution in [0.3, 0.4) is 0 Å². The molecule has 92 valence electrons. The number of aromatic nitrogens is 5. The zero-order valence-corrected chi connectivity index (χ0v) is 11.0. The molecule has 0 amide bonds. The molecule has 0 fully saturated rings. The molecule has 3 aromatic rings. The van der Waals surface area contributed by atoms with Gasteiger partial charge in [-0.1, -0.05) is 0 Å². The van der Waals surface area contributed by atoms with Gasteiger partial charge in [0.25, 0.3) is 0 Å². The Labute approximate surface area is 109 Å². The van der Waals surface area contributed by atoms with Gasteiger partial charge in [-0.15, -0.1) is 0 Å². The van der Waals surface area contributed by atoms with E-state index >= 15 is 0 Å². The minimum Gasteiger partial charge on any atom is -0.329 e. The van der Waals surface area contributed by atoms with Gasteiger partial charge in [0.15, 0.2) is 10.4 Å². The summed E-state index contributed by atoms with van der Waals surface area (Å²) >= 11 is 5.35. The Kier molecular flexibility index (Phi) is 2.52. The molecule has 0 saturated carbocycles. The number of rotatable bonds is 2. The Morgan fingerprint density at radius 1 is 1.44 bits per heavy atom. The number of aryl methyl sites for hydroxylation is 2. The molecule has 0 aliphatic heterocycles. The molecule has 3 rings (SSSR count). The van der Waals surface area contributed by atoms with Crippen molar-refractivity contribution in [2.45, 2.75) is 13.5 Å². The van der Waals surface area contributed by atoms with Gasteiger partial charge in [0.05, 0.1) is 17.8 Å². The molecule has 0 unspecified atom stereocenters. The highest BCUT2D eigenvalue weighted by Gasteiger charge is 2.08. The average Bonchev–Trinajstić information content (AvgIpc) is 2.85. The van der Waals surface area contributed by atoms with Crippen LogP contribution in [0.1, 0.15) is 11.3 Å². The van der Waals surface area contributed by atoms with Crippen molar-refractivity contribution >= 4 is 23.4 Å². The summed E-state index contributed by atoms with van der Waals surface area (Å²) in [6.07, 6.45) is 3.63. The molecular weight excluding hydrogens is 246 g/mol. The quantitative estimate of drug-likeness (QED) is 0.718. The summed E-state index contributed by atoms with van der Waals surface area (Å²) in [5.41, 5.74) is 4.06. The second kappa shape index (κ2) is 4.06. The van der Waals surface area contributed by atoms with Crippen molar-refractivity contribution in [2.75, 3.05) is 0 Å². The topological polar surface area (TPSA) is 51.4 Å². The summed E-state index contributed by atoms with van der Waals surface area (Å²) in [6.45, 7) is 2.69. The molecule has 3 heterocycles. The molecule has 0 aliphatic carbocycles. The SMILES string of the molecule is Cc1cnc2c(c1)[nH]c(=S)n2Cc1ccnn1C. The van der Waals surface area contributed by atoms with E-state index in [0.29, 0.717) is 11.3 Å². The number of nitrogens with one attached hydrogen (secondary N) is 1. The summed E-state index contributed by atoms with van der Waals surface area (Å²) in [5.74, 6) is 0. The zero-order chi connectivity index (χ0) is 12.7. The van der Waals surface area contributed by atoms with E-state index in [2.05, 4.69) is 21.1 Å². The molecule has 18 heavy (non-hydrogen) atoms. The first-order valence-corrected chi connectivity index (χ1v) is 6.08. The van der Waals surface area contributed by atoms with E-state index in [1.807, 2.05) is 35.5 Å². The van der Waals surface area contributed by atoms with E-state index in [4.69, 9.17) is 12.2 Å². The predicted octanol–water partition coefficient (Wildman–Crippen LogP) is 2.18. The van der Waals surface area contributed by atoms with Crippen molar-refractivity contribution < 1.29 is 0 Å². The number of hydrogen-bond donors (Lipinski definition) is 1. The summed E-state index contributed by atoms with van der Waals surface area (Å²) in [4.78, 5) is 7.63. The van der Waals surface area contributed by atoms with Crippen LogP contribution in [-0.2, 0) is 13.6 Å². The maximum atomic E-state index is 5.35. The molecule has 0 aliphatic rings. The molecule has 0 atom stereocenters. The van der Waals surface area contributed by atoms with Crippen LogP contribution in [0.15, 0.2) is 24.5 Å². The number of fused-ring (bicyclic) bond motifs is 1. The highest BCUT2D eigenvalue weighted by Crippen LogP contribution is 2.14. The minimum absolute atomic E-state index is 0.672. The van der Waals surface area contributed by atoms with Crippen LogP contribution in [0.4, 0.5) is 0 Å². The van der Waals surface area contributed by atoms with Gasteiger partial charge in [-0.25, -0.2) is 4.98 Å². The molecule has 1 N–H and O–H groups in total. The Hall–Kier alpha value is -1.95. The maximum Gasteiger partial charge on any atom is 0.179 e. The fourth-order valence-corrected chi connectivity index (χ4v) is 2.27. The summed E-state index contributed by atoms with van der Waals surface area (Å²) in [6, 6.07) is 4.03. The van der Waals surface area contributed by atoms with E-state index in [1.165, 1.54) is 0 Å². The van der Waals surface area contributed by atoms with Crippen LogP contribution < -0.4 is 0 Å². The van der Waals surface area contributed by atoms with Crippen LogP contribution in [0.2, 0.25) is 0 Å². The number of aromatic amines is 1. The summed E-state index contributed by atoms with van der Waals surface area (Å²) in [5, 5.41) is 4.16. The maximum absolute atomic E-state index is 5.35. The first-order valence-electron chi connectivity index (χ1n) is 5.67. The van der Waals surface area contributed by atoms with Crippen molar-refractivity contribution in [3.05, 3.63) is 40.6 Å². The van der Waals surface area contributed by atoms with Gasteiger partial charge in [0.1, 0.15) is 0 Å². The number of hydrogen-bond acceptors (Lipinski definition) is 3. The van der Waals surface area contributed by atoms with Crippen molar-refractivity contribution in [3.8, 4) is 0 Å². The Bertz CT molecular complexity index is 764. The van der Waals surface area contributed by atoms with E-state index in [0.717, 1.165) is 22.4 Å². The lowest BCUT2D eigenvalue weighted by molar-refractivity contribution is 0.668. The Balaban J connectivity index is 2.15. The molecule has 0 saturated heterocycles. The third-order valence-electron chi connectivity index (χ3n) is 2.99. The van der Waals surface area contributed by atoms with E-state index < -0.39 is 0 Å². The van der Waals surface area contributed by atoms with Gasteiger partial charge in [0, 0.05) is 19.4 Å². The van der Waals surface area contributed by atoms with Crippen LogP contribution in [0, 0.1) is 11.7 Å². The molecule has 3 aromatic heterocycles. The number of H-pyrrole nitrogens is 1. The van der Waals surface area contributed by atoms with Crippen molar-refractivity contribution in [1.82, 2.24) is 24.3 Å². The lowest BCUT2D eigenvalue weighted by Gasteiger charge is -2.04. The number of pyridine rings is 1. The molecule has 5 nitrogen and oxygen atoms in total. The lowest BCUT2D eigenvalue weighted by Crippen LogP contribution is -2.06. The van der Waals surface area contributed by atoms with Gasteiger partial charge >= 0.3 is 0 Å². The van der Waals surface area contributed by atoms with Gasteiger partial charge in [0.2, 0.25) is 0 Å².